The SMILES string of the molecule is CCOC(=O)C1C(=O)N2C=C(/C=C3\C=C(C(CC4C5(CO5)C(N5CCOCC5)CC5[C@]4(C)CC[C@@H](O)[C@@]5(C)CO)NC(C)C(=O)NC4=NCC=N4)C(=O)O3)C=CC2N1C. The molecular weight excluding hydrogens is 763 g/mol. The van der Waals surface area contributed by atoms with Gasteiger partial charge in [-0.05, 0) is 87.6 Å². The highest BCUT2D eigenvalue weighted by Gasteiger charge is 2.72. The first kappa shape index (κ1) is 41.6. The second kappa shape index (κ2) is 16.1. The monoisotopic (exact) mass is 819 g/mol. The predicted octanol–water partition coefficient (Wildman–Crippen LogP) is 0.398. The first-order valence-electron chi connectivity index (χ1n) is 20.9. The van der Waals surface area contributed by atoms with Crippen molar-refractivity contribution < 1.29 is 48.3 Å². The molecule has 4 N–H and O–H groups in total. The summed E-state index contributed by atoms with van der Waals surface area (Å²) in [7, 11) is 1.69. The van der Waals surface area contributed by atoms with Crippen LogP contribution >= 0.6 is 0 Å². The molecule has 8 rings (SSSR count). The zero-order valence-electron chi connectivity index (χ0n) is 34.5. The Bertz CT molecular complexity index is 1920. The lowest BCUT2D eigenvalue weighted by atomic mass is 9.43. The number of carbonyl (C=O) groups is 4. The minimum Gasteiger partial charge on any atom is -0.464 e. The zero-order valence-corrected chi connectivity index (χ0v) is 34.5. The number of likely N-dealkylation sites (N-methyl/N-ethyl adjacent to an activating group) is 1. The fourth-order valence-electron chi connectivity index (χ4n) is 11.1. The van der Waals surface area contributed by atoms with Crippen LogP contribution < -0.4 is 10.6 Å². The normalized spacial score (nSPS) is 38.4. The summed E-state index contributed by atoms with van der Waals surface area (Å²) in [4.78, 5) is 67.5. The van der Waals surface area contributed by atoms with E-state index in [4.69, 9.17) is 18.9 Å². The number of allylic oxidation sites excluding steroid dienone is 4. The average Bonchev–Trinajstić information content (AvgIpc) is 3.51. The van der Waals surface area contributed by atoms with Crippen molar-refractivity contribution >= 4 is 35.9 Å². The number of aliphatic imine (C=N–C) groups is 2. The first-order valence-corrected chi connectivity index (χ1v) is 20.9. The highest BCUT2D eigenvalue weighted by molar-refractivity contribution is 6.05. The molecule has 3 saturated heterocycles. The van der Waals surface area contributed by atoms with Gasteiger partial charge in [0, 0.05) is 43.0 Å². The molecule has 8 aliphatic rings. The Kier molecular flexibility index (Phi) is 11.3. The molecule has 8 unspecified atom stereocenters. The van der Waals surface area contributed by atoms with Gasteiger partial charge in [-0.15, -0.1) is 0 Å². The Morgan fingerprint density at radius 3 is 2.64 bits per heavy atom. The highest BCUT2D eigenvalue weighted by Crippen LogP contribution is 2.67. The summed E-state index contributed by atoms with van der Waals surface area (Å²) in [5.41, 5.74) is -0.841. The molecule has 320 valence electrons. The maximum absolute atomic E-state index is 14.1. The van der Waals surface area contributed by atoms with Crippen LogP contribution in [0, 0.1) is 22.7 Å². The molecule has 0 aromatic carbocycles. The van der Waals surface area contributed by atoms with Gasteiger partial charge in [0.1, 0.15) is 17.5 Å². The van der Waals surface area contributed by atoms with E-state index >= 15 is 0 Å². The third-order valence-corrected chi connectivity index (χ3v) is 14.4. The second-order valence-electron chi connectivity index (χ2n) is 17.6. The van der Waals surface area contributed by atoms with E-state index < -0.39 is 64.7 Å². The Morgan fingerprint density at radius 2 is 1.97 bits per heavy atom. The predicted molar refractivity (Wildman–Crippen MR) is 213 cm³/mol. The standard InChI is InChI=1S/C42H57N7O10/c1-6-57-38(55)34-36(53)49-21-25(7-8-33(49)47(34)5)17-26-18-27(37(54)59-26)28(45-24(2)35(52)46-39-43-11-12-44-39)19-30-40(3)10-9-32(51)41(4,22-50)29(40)20-31(42(30)23-58-42)48-13-15-56-16-14-48/h7-8,11,17-18,21,24,28-34,45,50-51H,6,9-10,12-16,19-20,22-23H2,1-5H3,(H,44,46,52)/b26-17+/t24?,28?,29?,30?,31?,32-,33?,34?,40+,41+,42?/m1/s1. The van der Waals surface area contributed by atoms with Gasteiger partial charge in [0.2, 0.25) is 11.9 Å². The topological polar surface area (TPSA) is 207 Å². The summed E-state index contributed by atoms with van der Waals surface area (Å²) in [6.45, 7) is 11.2. The maximum Gasteiger partial charge on any atom is 0.341 e. The Balaban J connectivity index is 1.14. The molecule has 0 bridgehead atoms. The van der Waals surface area contributed by atoms with Gasteiger partial charge in [0.15, 0.2) is 6.04 Å². The number of morpholine rings is 1. The molecule has 2 saturated carbocycles. The fraction of sp³-hybridized carbons (Fsp3) is 0.667. The van der Waals surface area contributed by atoms with Crippen LogP contribution in [0.4, 0.5) is 0 Å². The van der Waals surface area contributed by atoms with Gasteiger partial charge < -0.3 is 29.2 Å². The minimum absolute atomic E-state index is 0.0187. The number of nitrogens with zero attached hydrogens (tertiary/aromatic N) is 5. The summed E-state index contributed by atoms with van der Waals surface area (Å²) in [5, 5.41) is 28.7. The molecule has 17 heteroatoms. The van der Waals surface area contributed by atoms with Crippen molar-refractivity contribution in [2.75, 3.05) is 59.7 Å². The van der Waals surface area contributed by atoms with Gasteiger partial charge in [0.25, 0.3) is 5.91 Å². The summed E-state index contributed by atoms with van der Waals surface area (Å²) in [6.07, 6.45) is 11.4. The molecule has 0 radical (unpaired) electrons. The summed E-state index contributed by atoms with van der Waals surface area (Å²) >= 11 is 0. The lowest BCUT2D eigenvalue weighted by Crippen LogP contribution is -2.68. The van der Waals surface area contributed by atoms with Crippen molar-refractivity contribution in [2.24, 2.45) is 32.7 Å². The van der Waals surface area contributed by atoms with E-state index in [0.717, 1.165) is 19.5 Å². The van der Waals surface area contributed by atoms with Crippen LogP contribution in [0.2, 0.25) is 0 Å². The summed E-state index contributed by atoms with van der Waals surface area (Å²) < 4.78 is 23.4. The number of hydrogen-bond acceptors (Lipinski definition) is 15. The summed E-state index contributed by atoms with van der Waals surface area (Å²) in [5.74, 6) is -1.74. The molecule has 0 aromatic heterocycles. The van der Waals surface area contributed by atoms with Crippen LogP contribution in [0.25, 0.3) is 0 Å². The van der Waals surface area contributed by atoms with Crippen LogP contribution in [0.15, 0.2) is 57.4 Å². The van der Waals surface area contributed by atoms with Gasteiger partial charge in [-0.1, -0.05) is 19.9 Å². The number of nitrogens with one attached hydrogen (secondary N) is 2. The largest absolute Gasteiger partial charge is 0.464 e. The molecule has 1 spiro atoms. The zero-order chi connectivity index (χ0) is 41.9. The van der Waals surface area contributed by atoms with Crippen molar-refractivity contribution in [1.29, 1.82) is 0 Å². The molecule has 11 atom stereocenters. The van der Waals surface area contributed by atoms with Gasteiger partial charge in [0.05, 0.1) is 57.3 Å². The molecule has 6 heterocycles. The van der Waals surface area contributed by atoms with E-state index in [9.17, 15) is 29.4 Å². The Labute approximate surface area is 344 Å². The molecule has 0 aromatic rings. The number of aliphatic hydroxyl groups excluding tert-OH is 2. The molecule has 17 nitrogen and oxygen atoms in total. The van der Waals surface area contributed by atoms with Gasteiger partial charge in [-0.25, -0.2) is 19.6 Å². The lowest BCUT2D eigenvalue weighted by Gasteiger charge is -2.64. The van der Waals surface area contributed by atoms with Gasteiger partial charge in [-0.3, -0.25) is 34.9 Å². The molecular formula is C42H57N7O10. The fourth-order valence-corrected chi connectivity index (χ4v) is 11.1. The molecule has 5 fully saturated rings. The molecule has 59 heavy (non-hydrogen) atoms. The van der Waals surface area contributed by atoms with E-state index in [1.807, 2.05) is 6.92 Å². The number of epoxide rings is 1. The third kappa shape index (κ3) is 7.31. The number of carbonyl (C=O) groups excluding carboxylic acids is 4. The Morgan fingerprint density at radius 1 is 1.20 bits per heavy atom. The van der Waals surface area contributed by atoms with Crippen LogP contribution in [-0.4, -0.2) is 163 Å². The van der Waals surface area contributed by atoms with Gasteiger partial charge >= 0.3 is 11.9 Å². The van der Waals surface area contributed by atoms with Crippen LogP contribution in [0.5, 0.6) is 0 Å². The van der Waals surface area contributed by atoms with Crippen molar-refractivity contribution in [1.82, 2.24) is 25.3 Å². The number of cyclic esters (lactones) is 1. The minimum atomic E-state index is -1.08. The maximum atomic E-state index is 14.1. The second-order valence-corrected chi connectivity index (χ2v) is 17.6. The number of fused-ring (bicyclic) bond motifs is 2. The van der Waals surface area contributed by atoms with Crippen LogP contribution in [-0.2, 0) is 38.1 Å². The number of amides is 2. The number of ether oxygens (including phenoxy) is 4. The van der Waals surface area contributed by atoms with E-state index in [-0.39, 0.29) is 48.7 Å². The van der Waals surface area contributed by atoms with Crippen molar-refractivity contribution in [3.8, 4) is 0 Å². The van der Waals surface area contributed by atoms with Crippen molar-refractivity contribution in [2.45, 2.75) is 95.4 Å². The number of esters is 2. The summed E-state index contributed by atoms with van der Waals surface area (Å²) in [6, 6.07) is -2.58. The van der Waals surface area contributed by atoms with Crippen LogP contribution in [0.1, 0.15) is 53.4 Å². The van der Waals surface area contributed by atoms with Gasteiger partial charge in [-0.2, -0.15) is 0 Å². The number of hydrogen-bond donors (Lipinski definition) is 4. The van der Waals surface area contributed by atoms with Crippen molar-refractivity contribution in [3.05, 3.63) is 47.4 Å². The smallest absolute Gasteiger partial charge is 0.341 e. The molecule has 2 amide bonds. The van der Waals surface area contributed by atoms with Crippen LogP contribution in [0.3, 0.4) is 0 Å². The molecule has 6 aliphatic heterocycles. The van der Waals surface area contributed by atoms with E-state index in [1.165, 1.54) is 4.90 Å². The number of guanidine groups is 1. The van der Waals surface area contributed by atoms with E-state index in [1.54, 1.807) is 62.5 Å². The lowest BCUT2D eigenvalue weighted by molar-refractivity contribution is -0.197. The van der Waals surface area contributed by atoms with Crippen molar-refractivity contribution in [3.63, 3.8) is 0 Å². The highest BCUT2D eigenvalue weighted by atomic mass is 16.6. The quantitative estimate of drug-likeness (QED) is 0.127. The number of aliphatic hydroxyl groups is 2. The van der Waals surface area contributed by atoms with E-state index in [0.29, 0.717) is 56.8 Å². The Hall–Kier alpha value is -4.10. The number of rotatable bonds is 11. The molecule has 2 aliphatic carbocycles. The first-order chi connectivity index (χ1) is 28.2. The average molecular weight is 820 g/mol. The van der Waals surface area contributed by atoms with E-state index in [2.05, 4.69) is 32.4 Å². The third-order valence-electron chi connectivity index (χ3n) is 14.4.